The maximum absolute atomic E-state index is 11.5. The lowest BCUT2D eigenvalue weighted by Crippen LogP contribution is -2.31. The van der Waals surface area contributed by atoms with Gasteiger partial charge in [0, 0.05) is 6.54 Å². The van der Waals surface area contributed by atoms with Crippen molar-refractivity contribution in [3.63, 3.8) is 0 Å². The minimum absolute atomic E-state index is 0.0337. The van der Waals surface area contributed by atoms with Crippen LogP contribution in [-0.2, 0) is 11.2 Å². The van der Waals surface area contributed by atoms with E-state index in [0.29, 0.717) is 18.9 Å². The molecule has 1 amide bonds. The largest absolute Gasteiger partial charge is 0.354 e. The Balaban J connectivity index is 2.20. The fraction of sp³-hybridized carbons (Fsp3) is 0.583. The third-order valence-corrected chi connectivity index (χ3v) is 3.26. The zero-order valence-electron chi connectivity index (χ0n) is 9.70. The minimum atomic E-state index is 0.0337. The van der Waals surface area contributed by atoms with E-state index in [2.05, 4.69) is 19.2 Å². The van der Waals surface area contributed by atoms with Crippen LogP contribution in [0.25, 0.3) is 0 Å². The van der Waals surface area contributed by atoms with Crippen molar-refractivity contribution in [2.24, 2.45) is 5.92 Å². The molecule has 1 aromatic heterocycles. The number of alkyl halides is 1. The second-order valence-electron chi connectivity index (χ2n) is 4.34. The Bertz CT molecular complexity index is 311. The second-order valence-corrected chi connectivity index (χ2v) is 5.74. The smallest absolute Gasteiger partial charge is 0.224 e. The maximum Gasteiger partial charge on any atom is 0.224 e. The quantitative estimate of drug-likeness (QED) is 0.782. The van der Waals surface area contributed by atoms with Crippen molar-refractivity contribution in [1.29, 1.82) is 0 Å². The molecule has 0 saturated carbocycles. The lowest BCUT2D eigenvalue weighted by Gasteiger charge is -2.12. The number of halogens is 1. The van der Waals surface area contributed by atoms with Crippen LogP contribution in [0.2, 0.25) is 0 Å². The van der Waals surface area contributed by atoms with Gasteiger partial charge in [0.25, 0.3) is 0 Å². The molecule has 0 aliphatic carbocycles. The third-order valence-electron chi connectivity index (χ3n) is 2.19. The van der Waals surface area contributed by atoms with Crippen molar-refractivity contribution in [3.05, 3.63) is 22.4 Å². The van der Waals surface area contributed by atoms with E-state index in [9.17, 15) is 4.79 Å². The molecule has 0 bridgehead atoms. The Morgan fingerprint density at radius 2 is 2.31 bits per heavy atom. The van der Waals surface area contributed by atoms with Gasteiger partial charge in [-0.15, -0.1) is 11.6 Å². The number of hydrogen-bond donors (Lipinski definition) is 1. The Morgan fingerprint density at radius 3 is 2.88 bits per heavy atom. The van der Waals surface area contributed by atoms with E-state index < -0.39 is 0 Å². The van der Waals surface area contributed by atoms with Crippen LogP contribution in [0.15, 0.2) is 16.8 Å². The molecular weight excluding hydrogens is 242 g/mol. The highest BCUT2D eigenvalue weighted by Crippen LogP contribution is 2.10. The van der Waals surface area contributed by atoms with Gasteiger partial charge in [0.1, 0.15) is 0 Å². The fourth-order valence-corrected chi connectivity index (χ4v) is 2.56. The number of thiophene rings is 1. The summed E-state index contributed by atoms with van der Waals surface area (Å²) in [6, 6.07) is 1.97. The van der Waals surface area contributed by atoms with Crippen LogP contribution in [0.5, 0.6) is 0 Å². The number of rotatable bonds is 6. The normalized spacial score (nSPS) is 12.8. The van der Waals surface area contributed by atoms with Crippen molar-refractivity contribution in [3.8, 4) is 0 Å². The molecule has 4 heteroatoms. The highest BCUT2D eigenvalue weighted by atomic mass is 35.5. The summed E-state index contributed by atoms with van der Waals surface area (Å²) in [5.74, 6) is 0.615. The lowest BCUT2D eigenvalue weighted by molar-refractivity contribution is -0.120. The Morgan fingerprint density at radius 1 is 1.56 bits per heavy atom. The van der Waals surface area contributed by atoms with Crippen molar-refractivity contribution in [2.75, 3.05) is 6.54 Å². The molecule has 1 atom stereocenters. The monoisotopic (exact) mass is 259 g/mol. The lowest BCUT2D eigenvalue weighted by atomic mass is 10.1. The zero-order chi connectivity index (χ0) is 12.0. The predicted molar refractivity (Wildman–Crippen MR) is 70.1 cm³/mol. The molecule has 0 aliphatic rings. The number of hydrogen-bond acceptors (Lipinski definition) is 2. The molecule has 0 aromatic carbocycles. The molecular formula is C12H18ClNOS. The molecule has 0 saturated heterocycles. The van der Waals surface area contributed by atoms with Crippen LogP contribution in [-0.4, -0.2) is 17.8 Å². The molecule has 16 heavy (non-hydrogen) atoms. The van der Waals surface area contributed by atoms with Gasteiger partial charge in [-0.25, -0.2) is 0 Å². The molecule has 1 aromatic rings. The Labute approximate surface area is 106 Å². The molecule has 0 aliphatic heterocycles. The highest BCUT2D eigenvalue weighted by molar-refractivity contribution is 7.07. The summed E-state index contributed by atoms with van der Waals surface area (Å²) >= 11 is 7.70. The molecule has 1 unspecified atom stereocenters. The number of carbonyl (C=O) groups excluding carboxylic acids is 1. The first-order chi connectivity index (χ1) is 7.58. The molecule has 0 radical (unpaired) electrons. The average molecular weight is 260 g/mol. The van der Waals surface area contributed by atoms with Gasteiger partial charge < -0.3 is 5.32 Å². The van der Waals surface area contributed by atoms with E-state index in [1.807, 2.05) is 16.8 Å². The Kier molecular flexibility index (Phi) is 5.85. The third kappa shape index (κ3) is 5.52. The molecule has 0 spiro atoms. The fourth-order valence-electron chi connectivity index (χ4n) is 1.46. The van der Waals surface area contributed by atoms with E-state index >= 15 is 0 Å². The van der Waals surface area contributed by atoms with Crippen molar-refractivity contribution >= 4 is 28.8 Å². The van der Waals surface area contributed by atoms with Gasteiger partial charge in [-0.3, -0.25) is 4.79 Å². The summed E-state index contributed by atoms with van der Waals surface area (Å²) in [5.41, 5.74) is 1.07. The summed E-state index contributed by atoms with van der Waals surface area (Å²) in [6.45, 7) is 4.81. The topological polar surface area (TPSA) is 29.1 Å². The van der Waals surface area contributed by atoms with Crippen LogP contribution in [0.3, 0.4) is 0 Å². The van der Waals surface area contributed by atoms with Crippen LogP contribution in [0, 0.1) is 5.92 Å². The van der Waals surface area contributed by atoms with Gasteiger partial charge in [-0.05, 0) is 34.7 Å². The van der Waals surface area contributed by atoms with Gasteiger partial charge in [-0.1, -0.05) is 13.8 Å². The SMILES string of the molecule is CC(C)CC(Cl)CNC(=O)Cc1ccsc1. The molecule has 1 heterocycles. The van der Waals surface area contributed by atoms with Crippen LogP contribution < -0.4 is 5.32 Å². The summed E-state index contributed by atoms with van der Waals surface area (Å²) in [4.78, 5) is 11.5. The molecule has 2 nitrogen and oxygen atoms in total. The molecule has 90 valence electrons. The summed E-state index contributed by atoms with van der Waals surface area (Å²) in [5, 5.41) is 6.86. The van der Waals surface area contributed by atoms with Crippen molar-refractivity contribution in [2.45, 2.75) is 32.1 Å². The van der Waals surface area contributed by atoms with Gasteiger partial charge >= 0.3 is 0 Å². The molecule has 0 fully saturated rings. The molecule has 1 N–H and O–H groups in total. The average Bonchev–Trinajstić information content (AvgIpc) is 2.66. The van der Waals surface area contributed by atoms with E-state index in [0.717, 1.165) is 12.0 Å². The second kappa shape index (κ2) is 6.92. The van der Waals surface area contributed by atoms with E-state index in [4.69, 9.17) is 11.6 Å². The van der Waals surface area contributed by atoms with Gasteiger partial charge in [0.15, 0.2) is 0 Å². The number of nitrogens with one attached hydrogen (secondary N) is 1. The van der Waals surface area contributed by atoms with Gasteiger partial charge in [-0.2, -0.15) is 11.3 Å². The first-order valence-electron chi connectivity index (χ1n) is 5.49. The van der Waals surface area contributed by atoms with Crippen LogP contribution in [0.1, 0.15) is 25.8 Å². The number of carbonyl (C=O) groups is 1. The molecule has 1 rings (SSSR count). The zero-order valence-corrected chi connectivity index (χ0v) is 11.3. The highest BCUT2D eigenvalue weighted by Gasteiger charge is 2.09. The Hall–Kier alpha value is -0.540. The van der Waals surface area contributed by atoms with Crippen LogP contribution in [0.4, 0.5) is 0 Å². The summed E-state index contributed by atoms with van der Waals surface area (Å²) < 4.78 is 0. The van der Waals surface area contributed by atoms with Crippen LogP contribution >= 0.6 is 22.9 Å². The van der Waals surface area contributed by atoms with Gasteiger partial charge in [0.05, 0.1) is 11.8 Å². The standard InChI is InChI=1S/C12H18ClNOS/c1-9(2)5-11(13)7-14-12(15)6-10-3-4-16-8-10/h3-4,8-9,11H,5-7H2,1-2H3,(H,14,15). The minimum Gasteiger partial charge on any atom is -0.354 e. The number of amides is 1. The maximum atomic E-state index is 11.5. The van der Waals surface area contributed by atoms with Gasteiger partial charge in [0.2, 0.25) is 5.91 Å². The summed E-state index contributed by atoms with van der Waals surface area (Å²) in [6.07, 6.45) is 1.38. The first-order valence-corrected chi connectivity index (χ1v) is 6.87. The van der Waals surface area contributed by atoms with Crippen molar-refractivity contribution < 1.29 is 4.79 Å². The summed E-state index contributed by atoms with van der Waals surface area (Å²) in [7, 11) is 0. The van der Waals surface area contributed by atoms with Crippen molar-refractivity contribution in [1.82, 2.24) is 5.32 Å². The van der Waals surface area contributed by atoms with E-state index in [1.54, 1.807) is 11.3 Å². The van der Waals surface area contributed by atoms with E-state index in [1.165, 1.54) is 0 Å². The van der Waals surface area contributed by atoms with E-state index in [-0.39, 0.29) is 11.3 Å². The predicted octanol–water partition coefficient (Wildman–Crippen LogP) is 3.06. The first kappa shape index (κ1) is 13.5.